The molecule has 6 heteroatoms. The fraction of sp³-hybridized carbons (Fsp3) is 0.389. The topological polar surface area (TPSA) is 66.3 Å². The molecule has 1 saturated heterocycles. The molecule has 0 saturated carbocycles. The number of carbonyl (C=O) groups is 1. The van der Waals surface area contributed by atoms with Gasteiger partial charge in [0.15, 0.2) is 0 Å². The number of carboxylic acids is 1. The fourth-order valence-electron chi connectivity index (χ4n) is 3.25. The van der Waals surface area contributed by atoms with Crippen LogP contribution in [0.15, 0.2) is 36.7 Å². The summed E-state index contributed by atoms with van der Waals surface area (Å²) in [5, 5.41) is 10.3. The lowest BCUT2D eigenvalue weighted by Gasteiger charge is -2.23. The van der Waals surface area contributed by atoms with Gasteiger partial charge in [-0.05, 0) is 31.5 Å². The molecule has 1 aliphatic rings. The minimum atomic E-state index is -0.764. The van der Waals surface area contributed by atoms with Crippen LogP contribution in [0.5, 0.6) is 0 Å². The lowest BCUT2D eigenvalue weighted by atomic mass is 9.89. The largest absolute Gasteiger partial charge is 0.481 e. The standard InChI is InChI=1S/C18H20ClN3O2/c1-11-7-21-17(8-20-11)12(2)22-9-15(16(10-22)18(23)24)13-3-5-14(19)6-4-13/h3-8,12,15-16H,9-10H2,1-2H3,(H,23,24)/t12?,15-,16+/m1/s1. The van der Waals surface area contributed by atoms with E-state index in [4.69, 9.17) is 11.6 Å². The number of carboxylic acid groups (broad SMARTS) is 1. The van der Waals surface area contributed by atoms with Crippen LogP contribution in [0.3, 0.4) is 0 Å². The number of rotatable bonds is 4. The van der Waals surface area contributed by atoms with Crippen molar-refractivity contribution >= 4 is 17.6 Å². The number of aliphatic carboxylic acids is 1. The normalized spacial score (nSPS) is 22.5. The first kappa shape index (κ1) is 16.9. The average molecular weight is 346 g/mol. The molecule has 0 aliphatic carbocycles. The highest BCUT2D eigenvalue weighted by Gasteiger charge is 2.40. The van der Waals surface area contributed by atoms with Crippen LogP contribution < -0.4 is 0 Å². The average Bonchev–Trinajstić information content (AvgIpc) is 3.01. The van der Waals surface area contributed by atoms with Crippen LogP contribution in [0, 0.1) is 12.8 Å². The lowest BCUT2D eigenvalue weighted by Crippen LogP contribution is -2.27. The molecular weight excluding hydrogens is 326 g/mol. The quantitative estimate of drug-likeness (QED) is 0.921. The van der Waals surface area contributed by atoms with Crippen molar-refractivity contribution in [2.75, 3.05) is 13.1 Å². The maximum atomic E-state index is 11.7. The van der Waals surface area contributed by atoms with E-state index in [1.165, 1.54) is 0 Å². The van der Waals surface area contributed by atoms with Crippen molar-refractivity contribution in [3.05, 3.63) is 58.6 Å². The van der Waals surface area contributed by atoms with Crippen molar-refractivity contribution in [1.29, 1.82) is 0 Å². The molecule has 1 N–H and O–H groups in total. The second-order valence-corrected chi connectivity index (χ2v) is 6.75. The van der Waals surface area contributed by atoms with Crippen molar-refractivity contribution in [2.45, 2.75) is 25.8 Å². The van der Waals surface area contributed by atoms with Crippen LogP contribution in [0.4, 0.5) is 0 Å². The molecular formula is C18H20ClN3O2. The Balaban J connectivity index is 1.83. The van der Waals surface area contributed by atoms with Crippen LogP contribution in [0.1, 0.15) is 35.8 Å². The molecule has 1 unspecified atom stereocenters. The molecule has 0 amide bonds. The zero-order valence-electron chi connectivity index (χ0n) is 13.7. The molecule has 1 fully saturated rings. The van der Waals surface area contributed by atoms with E-state index < -0.39 is 11.9 Å². The van der Waals surface area contributed by atoms with Crippen LogP contribution in [-0.2, 0) is 4.79 Å². The molecule has 126 valence electrons. The summed E-state index contributed by atoms with van der Waals surface area (Å²) in [6.07, 6.45) is 3.51. The maximum Gasteiger partial charge on any atom is 0.308 e. The molecule has 1 aromatic carbocycles. The van der Waals surface area contributed by atoms with E-state index in [0.717, 1.165) is 17.0 Å². The smallest absolute Gasteiger partial charge is 0.308 e. The minimum absolute atomic E-state index is 0.0252. The number of halogens is 1. The van der Waals surface area contributed by atoms with Gasteiger partial charge in [0.1, 0.15) is 0 Å². The maximum absolute atomic E-state index is 11.7. The van der Waals surface area contributed by atoms with Crippen molar-refractivity contribution < 1.29 is 9.90 Å². The van der Waals surface area contributed by atoms with Crippen LogP contribution >= 0.6 is 11.6 Å². The predicted molar refractivity (Wildman–Crippen MR) is 92.1 cm³/mol. The number of aromatic nitrogens is 2. The Labute approximate surface area is 146 Å². The Hall–Kier alpha value is -1.98. The van der Waals surface area contributed by atoms with E-state index in [2.05, 4.69) is 14.9 Å². The molecule has 0 spiro atoms. The fourth-order valence-corrected chi connectivity index (χ4v) is 3.38. The van der Waals surface area contributed by atoms with Crippen molar-refractivity contribution in [3.8, 4) is 0 Å². The minimum Gasteiger partial charge on any atom is -0.481 e. The summed E-state index contributed by atoms with van der Waals surface area (Å²) in [6.45, 7) is 5.12. The SMILES string of the molecule is Cc1cnc(C(C)N2C[C@H](C(=O)O)[C@@H](c3ccc(Cl)cc3)C2)cn1. The number of likely N-dealkylation sites (tertiary alicyclic amines) is 1. The molecule has 3 rings (SSSR count). The first-order chi connectivity index (χ1) is 11.5. The first-order valence-electron chi connectivity index (χ1n) is 7.96. The molecule has 24 heavy (non-hydrogen) atoms. The Kier molecular flexibility index (Phi) is 4.83. The molecule has 2 heterocycles. The molecule has 1 aromatic heterocycles. The van der Waals surface area contributed by atoms with Crippen molar-refractivity contribution in [2.24, 2.45) is 5.92 Å². The third kappa shape index (κ3) is 3.42. The van der Waals surface area contributed by atoms with Crippen molar-refractivity contribution in [3.63, 3.8) is 0 Å². The zero-order valence-corrected chi connectivity index (χ0v) is 14.4. The monoisotopic (exact) mass is 345 g/mol. The molecule has 5 nitrogen and oxygen atoms in total. The number of benzene rings is 1. The summed E-state index contributed by atoms with van der Waals surface area (Å²) in [4.78, 5) is 22.6. The summed E-state index contributed by atoms with van der Waals surface area (Å²) in [6, 6.07) is 7.49. The molecule has 0 radical (unpaired) electrons. The van der Waals surface area contributed by atoms with E-state index in [1.54, 1.807) is 12.4 Å². The Bertz CT molecular complexity index is 718. The summed E-state index contributed by atoms with van der Waals surface area (Å²) < 4.78 is 0. The van der Waals surface area contributed by atoms with E-state index in [9.17, 15) is 9.90 Å². The Morgan fingerprint density at radius 3 is 2.54 bits per heavy atom. The van der Waals surface area contributed by atoms with Gasteiger partial charge in [0.05, 0.1) is 29.5 Å². The van der Waals surface area contributed by atoms with Gasteiger partial charge in [-0.3, -0.25) is 19.7 Å². The van der Waals surface area contributed by atoms with Crippen LogP contribution in [-0.4, -0.2) is 39.0 Å². The van der Waals surface area contributed by atoms with Gasteiger partial charge in [0.2, 0.25) is 0 Å². The van der Waals surface area contributed by atoms with Crippen LogP contribution in [0.2, 0.25) is 5.02 Å². The Morgan fingerprint density at radius 1 is 1.25 bits per heavy atom. The van der Waals surface area contributed by atoms with E-state index >= 15 is 0 Å². The van der Waals surface area contributed by atoms with Crippen LogP contribution in [0.25, 0.3) is 0 Å². The summed E-state index contributed by atoms with van der Waals surface area (Å²) in [5.74, 6) is -1.26. The molecule has 3 atom stereocenters. The highest BCUT2D eigenvalue weighted by molar-refractivity contribution is 6.30. The first-order valence-corrected chi connectivity index (χ1v) is 8.34. The number of aryl methyl sites for hydroxylation is 1. The highest BCUT2D eigenvalue weighted by Crippen LogP contribution is 2.37. The highest BCUT2D eigenvalue weighted by atomic mass is 35.5. The second-order valence-electron chi connectivity index (χ2n) is 6.32. The lowest BCUT2D eigenvalue weighted by molar-refractivity contribution is -0.141. The summed E-state index contributed by atoms with van der Waals surface area (Å²) >= 11 is 5.95. The third-order valence-corrected chi connectivity index (χ3v) is 4.99. The Morgan fingerprint density at radius 2 is 1.96 bits per heavy atom. The zero-order chi connectivity index (χ0) is 17.3. The number of hydrogen-bond donors (Lipinski definition) is 1. The third-order valence-electron chi connectivity index (χ3n) is 4.74. The van der Waals surface area contributed by atoms with Gasteiger partial charge in [-0.2, -0.15) is 0 Å². The molecule has 1 aliphatic heterocycles. The van der Waals surface area contributed by atoms with Gasteiger partial charge in [0, 0.05) is 30.2 Å². The van der Waals surface area contributed by atoms with Crippen molar-refractivity contribution in [1.82, 2.24) is 14.9 Å². The summed E-state index contributed by atoms with van der Waals surface area (Å²) in [5.41, 5.74) is 2.74. The van der Waals surface area contributed by atoms with E-state index in [0.29, 0.717) is 18.1 Å². The number of hydrogen-bond acceptors (Lipinski definition) is 4. The number of nitrogens with zero attached hydrogens (tertiary/aromatic N) is 3. The van der Waals surface area contributed by atoms with E-state index in [1.807, 2.05) is 38.1 Å². The predicted octanol–water partition coefficient (Wildman–Crippen LogP) is 3.30. The van der Waals surface area contributed by atoms with Gasteiger partial charge >= 0.3 is 5.97 Å². The molecule has 0 bridgehead atoms. The van der Waals surface area contributed by atoms with E-state index in [-0.39, 0.29) is 12.0 Å². The van der Waals surface area contributed by atoms with Gasteiger partial charge in [-0.15, -0.1) is 0 Å². The van der Waals surface area contributed by atoms with Gasteiger partial charge < -0.3 is 5.11 Å². The van der Waals surface area contributed by atoms with Gasteiger partial charge in [-0.1, -0.05) is 23.7 Å². The second kappa shape index (κ2) is 6.87. The summed E-state index contributed by atoms with van der Waals surface area (Å²) in [7, 11) is 0. The van der Waals surface area contributed by atoms with Gasteiger partial charge in [0.25, 0.3) is 0 Å². The molecule has 2 aromatic rings. The van der Waals surface area contributed by atoms with Gasteiger partial charge in [-0.25, -0.2) is 0 Å².